The number of benzene rings is 9. The van der Waals surface area contributed by atoms with Crippen LogP contribution < -0.4 is 4.90 Å². The molecule has 3 heteroatoms. The summed E-state index contributed by atoms with van der Waals surface area (Å²) < 4.78 is 47.3. The predicted octanol–water partition coefficient (Wildman–Crippen LogP) is 14.6. The highest BCUT2D eigenvalue weighted by molar-refractivity contribution is 6.16. The number of fused-ring (bicyclic) bond motifs is 7. The van der Waals surface area contributed by atoms with Crippen molar-refractivity contribution in [3.8, 4) is 27.9 Å². The van der Waals surface area contributed by atoms with Gasteiger partial charge >= 0.3 is 0 Å². The molecule has 0 amide bonds. The van der Waals surface area contributed by atoms with E-state index in [0.717, 1.165) is 76.8 Å². The number of hydrogen-bond acceptors (Lipinski definition) is 2. The van der Waals surface area contributed by atoms with E-state index in [1.54, 1.807) is 0 Å². The molecule has 9 aromatic carbocycles. The van der Waals surface area contributed by atoms with Crippen molar-refractivity contribution in [2.24, 2.45) is 0 Å². The topological polar surface area (TPSA) is 21.3 Å². The Hall–Kier alpha value is -7.36. The molecule has 11 aromatic rings. The van der Waals surface area contributed by atoms with Gasteiger partial charge in [-0.3, -0.25) is 0 Å². The highest BCUT2D eigenvalue weighted by atomic mass is 16.3. The molecule has 0 saturated carbocycles. The second-order valence-electron chi connectivity index (χ2n) is 13.8. The zero-order chi connectivity index (χ0) is 39.8. The largest absolute Gasteiger partial charge is 0.456 e. The van der Waals surface area contributed by atoms with Crippen molar-refractivity contribution in [2.75, 3.05) is 4.90 Å². The lowest BCUT2D eigenvalue weighted by Crippen LogP contribution is -2.11. The molecule has 0 atom stereocenters. The van der Waals surface area contributed by atoms with Gasteiger partial charge in [-0.05, 0) is 100 Å². The molecule has 11 rings (SSSR count). The van der Waals surface area contributed by atoms with Gasteiger partial charge in [0.2, 0.25) is 0 Å². The Labute approximate surface area is 324 Å². The van der Waals surface area contributed by atoms with Crippen LogP contribution in [0, 0.1) is 0 Å². The molecule has 0 aliphatic carbocycles. The van der Waals surface area contributed by atoms with E-state index in [-0.39, 0.29) is 35.5 Å². The van der Waals surface area contributed by atoms with E-state index in [2.05, 4.69) is 48.5 Å². The van der Waals surface area contributed by atoms with Gasteiger partial charge in [0.25, 0.3) is 0 Å². The highest BCUT2D eigenvalue weighted by Crippen LogP contribution is 2.46. The lowest BCUT2D eigenvalue weighted by atomic mass is 9.96. The lowest BCUT2D eigenvalue weighted by molar-refractivity contribution is 0.669. The summed E-state index contributed by atoms with van der Waals surface area (Å²) in [5, 5.41) is 6.11. The second kappa shape index (κ2) is 12.6. The van der Waals surface area contributed by atoms with Crippen LogP contribution in [0.1, 0.15) is 5.48 Å². The first-order valence-electron chi connectivity index (χ1n) is 20.4. The molecule has 0 saturated heterocycles. The minimum absolute atomic E-state index is 0.134. The van der Waals surface area contributed by atoms with Crippen LogP contribution in [0.5, 0.6) is 0 Å². The van der Waals surface area contributed by atoms with E-state index in [4.69, 9.17) is 4.42 Å². The van der Waals surface area contributed by atoms with Crippen molar-refractivity contribution in [3.05, 3.63) is 206 Å². The molecule has 3 nitrogen and oxygen atoms in total. The summed E-state index contributed by atoms with van der Waals surface area (Å²) in [6.07, 6.45) is 0. The summed E-state index contributed by atoms with van der Waals surface area (Å²) in [5.74, 6) is 0. The third kappa shape index (κ3) is 5.13. The Morgan fingerprint density at radius 3 is 1.78 bits per heavy atom. The van der Waals surface area contributed by atoms with E-state index in [9.17, 15) is 5.48 Å². The van der Waals surface area contributed by atoms with Gasteiger partial charge in [0.15, 0.2) is 0 Å². The molecule has 0 radical (unpaired) electrons. The average molecular weight is 707 g/mol. The monoisotopic (exact) mass is 706 g/mol. The van der Waals surface area contributed by atoms with Crippen molar-refractivity contribution >= 4 is 71.6 Å². The molecule has 0 N–H and O–H groups in total. The van der Waals surface area contributed by atoms with Crippen LogP contribution in [-0.2, 0) is 0 Å². The Balaban J connectivity index is 1.18. The van der Waals surface area contributed by atoms with E-state index in [1.165, 1.54) is 0 Å². The van der Waals surface area contributed by atoms with Crippen LogP contribution in [0.4, 0.5) is 17.1 Å². The Morgan fingerprint density at radius 2 is 1.04 bits per heavy atom. The minimum atomic E-state index is -0.150. The Morgan fingerprint density at radius 1 is 0.436 bits per heavy atom. The van der Waals surface area contributed by atoms with Crippen LogP contribution in [-0.4, -0.2) is 4.57 Å². The molecule has 0 aliphatic heterocycles. The van der Waals surface area contributed by atoms with Gasteiger partial charge < -0.3 is 13.9 Å². The summed E-state index contributed by atoms with van der Waals surface area (Å²) in [5.41, 5.74) is 8.78. The van der Waals surface area contributed by atoms with Gasteiger partial charge in [-0.15, -0.1) is 0 Å². The molecular formula is C52H34N2O. The maximum absolute atomic E-state index is 9.80. The first kappa shape index (κ1) is 27.3. The van der Waals surface area contributed by atoms with Crippen molar-refractivity contribution in [3.63, 3.8) is 0 Å². The fourth-order valence-electron chi connectivity index (χ4n) is 8.14. The van der Waals surface area contributed by atoms with Crippen molar-refractivity contribution in [2.45, 2.75) is 0 Å². The van der Waals surface area contributed by atoms with Crippen LogP contribution >= 0.6 is 0 Å². The first-order valence-corrected chi connectivity index (χ1v) is 18.4. The maximum atomic E-state index is 9.80. The molecule has 0 bridgehead atoms. The quantitative estimate of drug-likeness (QED) is 0.172. The molecule has 0 fully saturated rings. The summed E-state index contributed by atoms with van der Waals surface area (Å²) >= 11 is 0. The zero-order valence-electron chi connectivity index (χ0n) is 33.6. The molecule has 55 heavy (non-hydrogen) atoms. The van der Waals surface area contributed by atoms with Crippen molar-refractivity contribution in [1.82, 2.24) is 4.57 Å². The van der Waals surface area contributed by atoms with Crippen molar-refractivity contribution < 1.29 is 9.90 Å². The Bertz CT molecular complexity index is 3360. The average Bonchev–Trinajstić information content (AvgIpc) is 3.82. The molecule has 0 aliphatic rings. The van der Waals surface area contributed by atoms with E-state index < -0.39 is 0 Å². The van der Waals surface area contributed by atoms with Crippen LogP contribution in [0.15, 0.2) is 211 Å². The van der Waals surface area contributed by atoms with Crippen molar-refractivity contribution in [1.29, 1.82) is 0 Å². The molecule has 2 heterocycles. The number of para-hydroxylation sites is 3. The molecule has 0 spiro atoms. The fourth-order valence-corrected chi connectivity index (χ4v) is 8.14. The number of rotatable bonds is 6. The lowest BCUT2D eigenvalue weighted by Gasteiger charge is -2.28. The number of anilines is 3. The van der Waals surface area contributed by atoms with Gasteiger partial charge in [-0.1, -0.05) is 133 Å². The zero-order valence-corrected chi connectivity index (χ0v) is 29.6. The van der Waals surface area contributed by atoms with Gasteiger partial charge in [-0.25, -0.2) is 0 Å². The van der Waals surface area contributed by atoms with Crippen LogP contribution in [0.2, 0.25) is 0 Å². The third-order valence-electron chi connectivity index (χ3n) is 10.7. The van der Waals surface area contributed by atoms with E-state index >= 15 is 0 Å². The number of nitrogens with zero attached hydrogens (tertiary/aromatic N) is 2. The molecular weight excluding hydrogens is 669 g/mol. The maximum Gasteiger partial charge on any atom is 0.136 e. The normalized spacial score (nSPS) is 12.7. The number of aromatic nitrogens is 1. The number of furan rings is 1. The van der Waals surface area contributed by atoms with Gasteiger partial charge in [-0.2, -0.15) is 0 Å². The molecule has 2 aromatic heterocycles. The standard InChI is InChI=1S/C52H34N2O/c1-2-13-35(14-3-1)36-25-27-39(28-26-36)53(40-29-31-41(32-30-40)54-48-22-10-6-17-42(48)43-18-7-11-23-49(43)54)47-21-9-8-19-44(47)45-20-12-24-50-52(45)46-33-37-15-4-5-16-38(37)34-51(46)55-50/h1-34H/i29D,30D,31D,32D. The summed E-state index contributed by atoms with van der Waals surface area (Å²) in [6, 6.07) is 60.1. The third-order valence-corrected chi connectivity index (χ3v) is 10.7. The molecule has 258 valence electrons. The van der Waals surface area contributed by atoms with Crippen LogP contribution in [0.3, 0.4) is 0 Å². The number of hydrogen-bond donors (Lipinski definition) is 0. The van der Waals surface area contributed by atoms with Crippen LogP contribution in [0.25, 0.3) is 82.5 Å². The fraction of sp³-hybridized carbons (Fsp3) is 0. The highest BCUT2D eigenvalue weighted by Gasteiger charge is 2.21. The summed E-state index contributed by atoms with van der Waals surface area (Å²) in [4.78, 5) is 1.89. The first-order chi connectivity index (χ1) is 29.0. The predicted molar refractivity (Wildman–Crippen MR) is 231 cm³/mol. The second-order valence-corrected chi connectivity index (χ2v) is 13.8. The van der Waals surface area contributed by atoms with E-state index in [0.29, 0.717) is 11.4 Å². The van der Waals surface area contributed by atoms with Gasteiger partial charge in [0, 0.05) is 44.2 Å². The summed E-state index contributed by atoms with van der Waals surface area (Å²) in [7, 11) is 0. The molecule has 0 unspecified atom stereocenters. The van der Waals surface area contributed by atoms with Gasteiger partial charge in [0.05, 0.1) is 22.2 Å². The Kier molecular flexibility index (Phi) is 6.27. The SMILES string of the molecule is [2H]c1c([2H])c(-n2c3ccccc3c3ccccc32)c([2H])c([2H])c1N(c1ccc(-c2ccccc2)cc1)c1ccccc1-c1cccc2oc3cc4ccccc4cc3c12. The smallest absolute Gasteiger partial charge is 0.136 e. The minimum Gasteiger partial charge on any atom is -0.456 e. The summed E-state index contributed by atoms with van der Waals surface area (Å²) in [6.45, 7) is 0. The van der Waals surface area contributed by atoms with Gasteiger partial charge in [0.1, 0.15) is 11.2 Å². The van der Waals surface area contributed by atoms with E-state index in [1.807, 2.05) is 143 Å².